The fourth-order valence-corrected chi connectivity index (χ4v) is 2.81. The monoisotopic (exact) mass is 274 g/mol. The minimum absolute atomic E-state index is 0.0474. The number of nitrogens with two attached hydrogens (primary N) is 1. The molecule has 2 N–H and O–H groups in total. The van der Waals surface area contributed by atoms with E-state index in [1.54, 1.807) is 16.2 Å². The van der Waals surface area contributed by atoms with Gasteiger partial charge in [0, 0.05) is 23.3 Å². The topological polar surface area (TPSA) is 46.3 Å². The molecule has 0 radical (unpaired) electrons. The Balaban J connectivity index is 2.35. The van der Waals surface area contributed by atoms with Crippen LogP contribution in [0.4, 0.5) is 11.4 Å². The number of hydrogen-bond acceptors (Lipinski definition) is 3. The largest absolute Gasteiger partial charge is 0.399 e. The maximum absolute atomic E-state index is 12.6. The molecule has 0 bridgehead atoms. The lowest BCUT2D eigenvalue weighted by atomic mass is 10.1. The number of anilines is 2. The lowest BCUT2D eigenvalue weighted by Crippen LogP contribution is -2.31. The van der Waals surface area contributed by atoms with Crippen LogP contribution in [0.25, 0.3) is 0 Å². The van der Waals surface area contributed by atoms with Gasteiger partial charge in [-0.1, -0.05) is 13.0 Å². The van der Waals surface area contributed by atoms with Gasteiger partial charge in [0.1, 0.15) is 0 Å². The molecule has 2 aromatic rings. The summed E-state index contributed by atoms with van der Waals surface area (Å²) < 4.78 is 0. The summed E-state index contributed by atoms with van der Waals surface area (Å²) in [6, 6.07) is 7.47. The van der Waals surface area contributed by atoms with Gasteiger partial charge in [0.05, 0.1) is 5.56 Å². The highest BCUT2D eigenvalue weighted by atomic mass is 32.1. The number of carbonyl (C=O) groups is 1. The minimum atomic E-state index is 0.0474. The maximum Gasteiger partial charge on any atom is 0.259 e. The van der Waals surface area contributed by atoms with Crippen molar-refractivity contribution >= 4 is 28.6 Å². The van der Waals surface area contributed by atoms with Crippen LogP contribution in [0.5, 0.6) is 0 Å². The summed E-state index contributed by atoms with van der Waals surface area (Å²) in [7, 11) is 0. The van der Waals surface area contributed by atoms with Crippen LogP contribution in [0.15, 0.2) is 35.0 Å². The molecule has 1 aromatic carbocycles. The Kier molecular flexibility index (Phi) is 4.22. The van der Waals surface area contributed by atoms with Crippen molar-refractivity contribution in [3.63, 3.8) is 0 Å². The van der Waals surface area contributed by atoms with E-state index >= 15 is 0 Å². The van der Waals surface area contributed by atoms with Crippen LogP contribution in [-0.4, -0.2) is 12.5 Å². The molecule has 3 nitrogen and oxygen atoms in total. The zero-order valence-electron chi connectivity index (χ0n) is 11.2. The number of hydrogen-bond donors (Lipinski definition) is 1. The lowest BCUT2D eigenvalue weighted by molar-refractivity contribution is 0.0987. The zero-order valence-corrected chi connectivity index (χ0v) is 12.0. The summed E-state index contributed by atoms with van der Waals surface area (Å²) in [5, 5.41) is 3.91. The quantitative estimate of drug-likeness (QED) is 0.864. The van der Waals surface area contributed by atoms with Crippen molar-refractivity contribution in [2.24, 2.45) is 0 Å². The number of carbonyl (C=O) groups excluding carboxylic acids is 1. The van der Waals surface area contributed by atoms with Gasteiger partial charge in [-0.15, -0.1) is 0 Å². The Bertz CT molecular complexity index is 577. The third-order valence-corrected chi connectivity index (χ3v) is 3.82. The summed E-state index contributed by atoms with van der Waals surface area (Å²) >= 11 is 1.56. The molecule has 0 unspecified atom stereocenters. The van der Waals surface area contributed by atoms with Gasteiger partial charge in [-0.2, -0.15) is 11.3 Å². The van der Waals surface area contributed by atoms with Gasteiger partial charge in [0.15, 0.2) is 0 Å². The number of aryl methyl sites for hydroxylation is 1. The molecule has 19 heavy (non-hydrogen) atoms. The van der Waals surface area contributed by atoms with E-state index in [0.29, 0.717) is 12.2 Å². The SMILES string of the molecule is CCCN(C(=O)c1cscc1C)c1cccc(N)c1. The fourth-order valence-electron chi connectivity index (χ4n) is 1.99. The third kappa shape index (κ3) is 2.96. The van der Waals surface area contributed by atoms with Crippen molar-refractivity contribution in [2.75, 3.05) is 17.2 Å². The number of nitrogen functional groups attached to an aromatic ring is 1. The van der Waals surface area contributed by atoms with Crippen LogP contribution >= 0.6 is 11.3 Å². The smallest absolute Gasteiger partial charge is 0.259 e. The van der Waals surface area contributed by atoms with E-state index in [1.807, 2.05) is 41.9 Å². The molecule has 0 spiro atoms. The Hall–Kier alpha value is -1.81. The molecule has 0 aliphatic rings. The van der Waals surface area contributed by atoms with Crippen molar-refractivity contribution in [3.05, 3.63) is 46.2 Å². The van der Waals surface area contributed by atoms with Gasteiger partial charge >= 0.3 is 0 Å². The maximum atomic E-state index is 12.6. The number of rotatable bonds is 4. The molecule has 1 aromatic heterocycles. The van der Waals surface area contributed by atoms with Gasteiger partial charge in [-0.25, -0.2) is 0 Å². The van der Waals surface area contributed by atoms with Gasteiger partial charge in [0.25, 0.3) is 5.91 Å². The summed E-state index contributed by atoms with van der Waals surface area (Å²) in [6.07, 6.45) is 0.906. The molecule has 0 fully saturated rings. The summed E-state index contributed by atoms with van der Waals surface area (Å²) in [4.78, 5) is 14.4. The Morgan fingerprint density at radius 2 is 2.16 bits per heavy atom. The average molecular weight is 274 g/mol. The number of amides is 1. The predicted molar refractivity (Wildman–Crippen MR) is 81.9 cm³/mol. The van der Waals surface area contributed by atoms with Crippen molar-refractivity contribution in [2.45, 2.75) is 20.3 Å². The molecule has 0 saturated carbocycles. The van der Waals surface area contributed by atoms with Crippen LogP contribution in [0.2, 0.25) is 0 Å². The summed E-state index contributed by atoms with van der Waals surface area (Å²) in [5.41, 5.74) is 9.14. The molecule has 4 heteroatoms. The fraction of sp³-hybridized carbons (Fsp3) is 0.267. The first-order chi connectivity index (χ1) is 9.13. The van der Waals surface area contributed by atoms with Crippen molar-refractivity contribution in [3.8, 4) is 0 Å². The van der Waals surface area contributed by atoms with Crippen LogP contribution in [0.3, 0.4) is 0 Å². The van der Waals surface area contributed by atoms with E-state index in [9.17, 15) is 4.79 Å². The van der Waals surface area contributed by atoms with Crippen LogP contribution < -0.4 is 10.6 Å². The molecule has 0 saturated heterocycles. The second kappa shape index (κ2) is 5.89. The Labute approximate surface area is 117 Å². The first-order valence-electron chi connectivity index (χ1n) is 6.33. The van der Waals surface area contributed by atoms with Crippen LogP contribution in [0, 0.1) is 6.92 Å². The first-order valence-corrected chi connectivity index (χ1v) is 7.28. The van der Waals surface area contributed by atoms with E-state index in [4.69, 9.17) is 5.73 Å². The predicted octanol–water partition coefficient (Wildman–Crippen LogP) is 3.70. The van der Waals surface area contributed by atoms with Gasteiger partial charge in [-0.05, 0) is 42.5 Å². The van der Waals surface area contributed by atoms with Crippen molar-refractivity contribution in [1.82, 2.24) is 0 Å². The first kappa shape index (κ1) is 13.6. The number of thiophene rings is 1. The van der Waals surface area contributed by atoms with Gasteiger partial charge in [0.2, 0.25) is 0 Å². The van der Waals surface area contributed by atoms with Crippen LogP contribution in [0.1, 0.15) is 29.3 Å². The summed E-state index contributed by atoms with van der Waals surface area (Å²) in [5.74, 6) is 0.0474. The second-order valence-corrected chi connectivity index (χ2v) is 5.26. The molecule has 100 valence electrons. The highest BCUT2D eigenvalue weighted by Gasteiger charge is 2.19. The Morgan fingerprint density at radius 3 is 2.74 bits per heavy atom. The van der Waals surface area contributed by atoms with Crippen molar-refractivity contribution in [1.29, 1.82) is 0 Å². The minimum Gasteiger partial charge on any atom is -0.399 e. The molecule has 0 aliphatic carbocycles. The molecule has 1 amide bonds. The van der Waals surface area contributed by atoms with Gasteiger partial charge < -0.3 is 10.6 Å². The highest BCUT2D eigenvalue weighted by molar-refractivity contribution is 7.08. The molecule has 0 aliphatic heterocycles. The molecule has 0 atom stereocenters. The molecular weight excluding hydrogens is 256 g/mol. The van der Waals surface area contributed by atoms with E-state index in [2.05, 4.69) is 6.92 Å². The van der Waals surface area contributed by atoms with Gasteiger partial charge in [-0.3, -0.25) is 4.79 Å². The number of nitrogens with zero attached hydrogens (tertiary/aromatic N) is 1. The second-order valence-electron chi connectivity index (χ2n) is 4.52. The molecular formula is C15H18N2OS. The number of benzene rings is 1. The van der Waals surface area contributed by atoms with E-state index in [-0.39, 0.29) is 5.91 Å². The van der Waals surface area contributed by atoms with Crippen LogP contribution in [-0.2, 0) is 0 Å². The van der Waals surface area contributed by atoms with E-state index in [0.717, 1.165) is 23.2 Å². The normalized spacial score (nSPS) is 10.4. The highest BCUT2D eigenvalue weighted by Crippen LogP contribution is 2.23. The third-order valence-electron chi connectivity index (χ3n) is 2.96. The van der Waals surface area contributed by atoms with E-state index in [1.165, 1.54) is 0 Å². The molecule has 1 heterocycles. The van der Waals surface area contributed by atoms with Crippen molar-refractivity contribution < 1.29 is 4.79 Å². The van der Waals surface area contributed by atoms with E-state index < -0.39 is 0 Å². The zero-order chi connectivity index (χ0) is 13.8. The standard InChI is InChI=1S/C15H18N2OS/c1-3-7-17(13-6-4-5-12(16)8-13)15(18)14-10-19-9-11(14)2/h4-6,8-10H,3,7,16H2,1-2H3. The average Bonchev–Trinajstić information content (AvgIpc) is 2.81. The lowest BCUT2D eigenvalue weighted by Gasteiger charge is -2.22. The Morgan fingerprint density at radius 1 is 1.37 bits per heavy atom. The molecule has 2 rings (SSSR count). The summed E-state index contributed by atoms with van der Waals surface area (Å²) in [6.45, 7) is 4.72.